The number of carboxylic acids is 2. The number of carboxylic acid groups (broad SMARTS) is 2. The number of carbonyl (C=O) groups excluding carboxylic acids is 15. The van der Waals surface area contributed by atoms with Gasteiger partial charge in [-0.15, -0.1) is 0 Å². The van der Waals surface area contributed by atoms with Crippen LogP contribution in [0, 0.1) is 23.7 Å². The van der Waals surface area contributed by atoms with Crippen molar-refractivity contribution in [3.05, 3.63) is 18.2 Å². The number of amides is 15. The number of aliphatic carboxylic acids is 2. The Morgan fingerprint density at radius 2 is 0.943 bits per heavy atom. The zero-order chi connectivity index (χ0) is 80.7. The highest BCUT2D eigenvalue weighted by Gasteiger charge is 2.38. The molecule has 41 nitrogen and oxygen atoms in total. The molecule has 1 heterocycles. The number of nitrogens with one attached hydrogen (secondary N) is 13. The summed E-state index contributed by atoms with van der Waals surface area (Å²) in [6.07, 6.45) is -0.668. The SMILES string of the molecule is CC[C@H](C)[C@H](N)C(=O)N[C@H](C(=O)NCC(=O)N[C@@H](CCC(N)=O)C(=O)N[C@H](C(=O)N[C@@H](CCCN=C(N)N)C(=O)N[C@@H](CC(=O)O)C(=O)N[C@@H](CCC(N)=O)C(=O)N[C@@H](C)C(=O)N[C@@H](CCC(=O)O)C(=O)N[C@@H](Cc1cnc[nH]1)C(=O)N[C@@H](CC(C)C)C(=O)N[C@@H](CCCCN)C(N)=O)C(C)C)[C@@H](C)CC. The third-order valence-electron chi connectivity index (χ3n) is 16.8. The molecule has 0 aliphatic rings. The van der Waals surface area contributed by atoms with Gasteiger partial charge in [0.2, 0.25) is 88.6 Å². The summed E-state index contributed by atoms with van der Waals surface area (Å²) in [4.78, 5) is 238. The Morgan fingerprint density at radius 1 is 0.481 bits per heavy atom. The number of unbranched alkanes of at least 4 members (excludes halogenated alkanes) is 1. The van der Waals surface area contributed by atoms with Gasteiger partial charge in [-0.05, 0) is 94.9 Å². The first kappa shape index (κ1) is 93.4. The summed E-state index contributed by atoms with van der Waals surface area (Å²) < 4.78 is 0. The molecule has 0 radical (unpaired) electrons. The Morgan fingerprint density at radius 3 is 1.45 bits per heavy atom. The van der Waals surface area contributed by atoms with Crippen molar-refractivity contribution >= 4 is 107 Å². The van der Waals surface area contributed by atoms with Crippen LogP contribution in [0.3, 0.4) is 0 Å². The second-order valence-corrected chi connectivity index (χ2v) is 26.6. The number of aromatic amines is 1. The first-order valence-corrected chi connectivity index (χ1v) is 35.0. The van der Waals surface area contributed by atoms with Gasteiger partial charge in [0.25, 0.3) is 0 Å². The lowest BCUT2D eigenvalue weighted by molar-refractivity contribution is -0.141. The molecule has 0 saturated carbocycles. The molecule has 1 rings (SSSR count). The molecule has 14 atom stereocenters. The van der Waals surface area contributed by atoms with E-state index in [0.29, 0.717) is 37.9 Å². The fourth-order valence-electron chi connectivity index (χ4n) is 10.2. The standard InChI is InChI=1S/C65H112N22O19/c1-10-33(7)50(69)62(104)87-52(34(8)11-2)63(105)75-29-47(90)78-39(17-20-45(67)88)58(100)86-51(32(5)6)64(106)82-38(16-14-24-74-65(71)72)56(98)85-44(27-49(93)94)61(103)81-40(18-21-46(68)89)55(97)77-35(9)54(96)80-41(19-22-48(91)92)57(99)84-43(26-36-28-73-30-76-36)60(102)83-42(25-31(3)4)59(101)79-37(53(70)95)15-12-13-23-66/h28,30-35,37-44,50-52H,10-27,29,66,69H2,1-9H3,(H2,67,88)(H2,68,89)(H2,70,95)(H,73,76)(H,75,105)(H,77,97)(H,78,90)(H,79,101)(H,80,96)(H,81,103)(H,82,106)(H,83,102)(H,84,99)(H,85,98)(H,86,100)(H,87,104)(H,91,92)(H,93,94)(H4,71,72,74)/t33-,34-,35-,37-,38-,39-,40-,41-,42-,43-,44-,50-,51-,52-/m0/s1. The smallest absolute Gasteiger partial charge is 0.305 e. The second kappa shape index (κ2) is 48.4. The molecule has 1 aromatic heterocycles. The van der Waals surface area contributed by atoms with Crippen LogP contribution in [0.5, 0.6) is 0 Å². The van der Waals surface area contributed by atoms with Crippen molar-refractivity contribution < 1.29 is 91.7 Å². The number of guanidine groups is 1. The van der Waals surface area contributed by atoms with E-state index < -0.39 is 236 Å². The van der Waals surface area contributed by atoms with Gasteiger partial charge in [-0.1, -0.05) is 68.2 Å². The molecule has 0 unspecified atom stereocenters. The van der Waals surface area contributed by atoms with Crippen molar-refractivity contribution in [2.75, 3.05) is 19.6 Å². The average molecular weight is 1510 g/mol. The number of carbonyl (C=O) groups is 17. The van der Waals surface area contributed by atoms with Crippen LogP contribution < -0.4 is 104 Å². The van der Waals surface area contributed by atoms with Crippen molar-refractivity contribution in [1.29, 1.82) is 0 Å². The number of hydrogen-bond donors (Lipinski definition) is 22. The lowest BCUT2D eigenvalue weighted by Gasteiger charge is -2.28. The van der Waals surface area contributed by atoms with Gasteiger partial charge in [-0.3, -0.25) is 86.5 Å². The molecular formula is C65H112N22O19. The predicted octanol–water partition coefficient (Wildman–Crippen LogP) is -6.92. The van der Waals surface area contributed by atoms with E-state index in [-0.39, 0.29) is 56.4 Å². The van der Waals surface area contributed by atoms with Crippen LogP contribution in [-0.2, 0) is 87.9 Å². The summed E-state index contributed by atoms with van der Waals surface area (Å²) in [5, 5.41) is 48.8. The third-order valence-corrected chi connectivity index (χ3v) is 16.8. The van der Waals surface area contributed by atoms with E-state index in [0.717, 1.165) is 6.92 Å². The minimum Gasteiger partial charge on any atom is -0.481 e. The Kier molecular flexibility index (Phi) is 42.7. The number of primary amides is 3. The maximum absolute atomic E-state index is 14.3. The van der Waals surface area contributed by atoms with Gasteiger partial charge in [-0.25, -0.2) is 4.98 Å². The molecule has 1 aromatic rings. The van der Waals surface area contributed by atoms with Crippen LogP contribution >= 0.6 is 0 Å². The molecule has 41 heteroatoms. The lowest BCUT2D eigenvalue weighted by Crippen LogP contribution is -2.61. The molecule has 0 spiro atoms. The summed E-state index contributed by atoms with van der Waals surface area (Å²) >= 11 is 0. The van der Waals surface area contributed by atoms with Gasteiger partial charge in [-0.2, -0.15) is 0 Å². The molecule has 15 amide bonds. The number of H-pyrrole nitrogens is 1. The number of rotatable bonds is 53. The third kappa shape index (κ3) is 36.2. The molecule has 0 aromatic carbocycles. The molecule has 29 N–H and O–H groups in total. The largest absolute Gasteiger partial charge is 0.481 e. The maximum atomic E-state index is 14.3. The zero-order valence-corrected chi connectivity index (χ0v) is 61.6. The monoisotopic (exact) mass is 1500 g/mol. The predicted molar refractivity (Wildman–Crippen MR) is 381 cm³/mol. The van der Waals surface area contributed by atoms with Gasteiger partial charge in [0.1, 0.15) is 66.5 Å². The van der Waals surface area contributed by atoms with Gasteiger partial charge in [0.05, 0.1) is 25.3 Å². The minimum absolute atomic E-state index is 0.0352. The highest BCUT2D eigenvalue weighted by Crippen LogP contribution is 2.15. The van der Waals surface area contributed by atoms with Crippen LogP contribution in [0.4, 0.5) is 0 Å². The normalized spacial score (nSPS) is 15.1. The topological polar surface area (TPSA) is 698 Å². The molecule has 0 bridgehead atoms. The van der Waals surface area contributed by atoms with E-state index in [4.69, 9.17) is 40.1 Å². The number of nitrogens with two attached hydrogens (primary N) is 7. The number of aliphatic imine (C=N–C) groups is 1. The van der Waals surface area contributed by atoms with Crippen LogP contribution in [0.25, 0.3) is 0 Å². The lowest BCUT2D eigenvalue weighted by atomic mass is 9.95. The summed E-state index contributed by atoms with van der Waals surface area (Å²) in [7, 11) is 0. The Hall–Kier alpha value is -10.6. The van der Waals surface area contributed by atoms with Crippen LogP contribution in [0.1, 0.15) is 164 Å². The van der Waals surface area contributed by atoms with Gasteiger partial charge in [0.15, 0.2) is 5.96 Å². The van der Waals surface area contributed by atoms with E-state index in [1.54, 1.807) is 34.6 Å². The van der Waals surface area contributed by atoms with Gasteiger partial charge < -0.3 is 119 Å². The number of hydrogen-bond acceptors (Lipinski definition) is 21. The fraction of sp³-hybridized carbons (Fsp3) is 0.677. The molecule has 0 aliphatic heterocycles. The molecular weight excluding hydrogens is 1390 g/mol. The summed E-state index contributed by atoms with van der Waals surface area (Å²) in [6, 6.07) is -18.3. The molecule has 0 saturated heterocycles. The Labute approximate surface area is 614 Å². The molecule has 0 aliphatic carbocycles. The first-order chi connectivity index (χ1) is 49.7. The van der Waals surface area contributed by atoms with Crippen molar-refractivity contribution in [3.63, 3.8) is 0 Å². The van der Waals surface area contributed by atoms with Gasteiger partial charge >= 0.3 is 11.9 Å². The fourth-order valence-corrected chi connectivity index (χ4v) is 10.2. The minimum atomic E-state index is -2.10. The zero-order valence-electron chi connectivity index (χ0n) is 61.6. The van der Waals surface area contributed by atoms with Crippen molar-refractivity contribution in [1.82, 2.24) is 73.8 Å². The summed E-state index contributed by atoms with van der Waals surface area (Å²) in [6.45, 7) is 14.1. The van der Waals surface area contributed by atoms with E-state index in [1.807, 2.05) is 6.92 Å². The summed E-state index contributed by atoms with van der Waals surface area (Å²) in [5.74, 6) is -20.1. The molecule has 106 heavy (non-hydrogen) atoms. The van der Waals surface area contributed by atoms with Crippen molar-refractivity contribution in [2.45, 2.75) is 238 Å². The number of aromatic nitrogens is 2. The Balaban J connectivity index is 3.60. The number of imidazole rings is 1. The van der Waals surface area contributed by atoms with E-state index in [1.165, 1.54) is 26.4 Å². The maximum Gasteiger partial charge on any atom is 0.305 e. The number of nitrogens with zero attached hydrogens (tertiary/aromatic N) is 2. The van der Waals surface area contributed by atoms with E-state index in [9.17, 15) is 91.7 Å². The van der Waals surface area contributed by atoms with Crippen LogP contribution in [0.2, 0.25) is 0 Å². The molecule has 596 valence electrons. The van der Waals surface area contributed by atoms with Crippen molar-refractivity contribution in [3.8, 4) is 0 Å². The average Bonchev–Trinajstić information content (AvgIpc) is 1.19. The highest BCUT2D eigenvalue weighted by molar-refractivity contribution is 6.00. The quantitative estimate of drug-likeness (QED) is 0.0164. The second-order valence-electron chi connectivity index (χ2n) is 26.6. The van der Waals surface area contributed by atoms with E-state index >= 15 is 0 Å². The van der Waals surface area contributed by atoms with Crippen molar-refractivity contribution in [2.24, 2.45) is 68.8 Å². The molecule has 0 fully saturated rings. The van der Waals surface area contributed by atoms with E-state index in [2.05, 4.69) is 78.8 Å². The Bertz CT molecular complexity index is 3190. The summed E-state index contributed by atoms with van der Waals surface area (Å²) in [5.41, 5.74) is 39.3. The first-order valence-electron chi connectivity index (χ1n) is 35.0. The van der Waals surface area contributed by atoms with Gasteiger partial charge in [0, 0.05) is 44.1 Å². The van der Waals surface area contributed by atoms with Crippen LogP contribution in [0.15, 0.2) is 17.5 Å². The highest BCUT2D eigenvalue weighted by atomic mass is 16.4. The van der Waals surface area contributed by atoms with Crippen LogP contribution in [-0.4, -0.2) is 219 Å².